The van der Waals surface area contributed by atoms with Gasteiger partial charge >= 0.3 is 0 Å². The molecule has 46 valence electrons. The van der Waals surface area contributed by atoms with Gasteiger partial charge in [0, 0.05) is 6.92 Å². The van der Waals surface area contributed by atoms with E-state index in [2.05, 4.69) is 6.58 Å². The summed E-state index contributed by atoms with van der Waals surface area (Å²) < 4.78 is 4.71. The second-order valence-electron chi connectivity index (χ2n) is 1.42. The largest absolute Gasteiger partial charge is 0.525 e. The minimum absolute atomic E-state index is 0.168. The van der Waals surface area contributed by atoms with Gasteiger partial charge in [0.15, 0.2) is 0 Å². The van der Waals surface area contributed by atoms with Crippen LogP contribution in [-0.2, 0) is 9.22 Å². The van der Waals surface area contributed by atoms with E-state index in [1.165, 1.54) is 6.92 Å². The van der Waals surface area contributed by atoms with Crippen LogP contribution in [0.15, 0.2) is 12.7 Å². The van der Waals surface area contributed by atoms with Crippen LogP contribution in [0.25, 0.3) is 0 Å². The first kappa shape index (κ1) is 7.43. The molecule has 0 atom stereocenters. The first-order valence-corrected chi connectivity index (χ1v) is 4.09. The predicted molar refractivity (Wildman–Crippen MR) is 35.3 cm³/mol. The highest BCUT2D eigenvalue weighted by Gasteiger charge is 1.87. The van der Waals surface area contributed by atoms with Crippen molar-refractivity contribution in [2.24, 2.45) is 0 Å². The van der Waals surface area contributed by atoms with Crippen LogP contribution >= 0.6 is 0 Å². The second-order valence-corrected chi connectivity index (χ2v) is 2.69. The summed E-state index contributed by atoms with van der Waals surface area (Å²) in [4.78, 5) is 10.1. The molecule has 2 nitrogen and oxygen atoms in total. The average Bonchev–Trinajstić information content (AvgIpc) is 1.66. The molecular formula is C5H10O2Si. The molecule has 0 spiro atoms. The van der Waals surface area contributed by atoms with E-state index < -0.39 is 9.76 Å². The lowest BCUT2D eigenvalue weighted by Crippen LogP contribution is -2.01. The Labute approximate surface area is 51.5 Å². The molecule has 0 saturated heterocycles. The lowest BCUT2D eigenvalue weighted by Gasteiger charge is -1.94. The van der Waals surface area contributed by atoms with E-state index in [4.69, 9.17) is 4.43 Å². The van der Waals surface area contributed by atoms with Crippen molar-refractivity contribution in [2.75, 3.05) is 0 Å². The third kappa shape index (κ3) is 5.43. The van der Waals surface area contributed by atoms with Crippen LogP contribution in [0, 0.1) is 0 Å². The lowest BCUT2D eigenvalue weighted by atomic mass is 10.8. The van der Waals surface area contributed by atoms with Crippen molar-refractivity contribution in [3.8, 4) is 0 Å². The van der Waals surface area contributed by atoms with Gasteiger partial charge in [-0.3, -0.25) is 4.79 Å². The van der Waals surface area contributed by atoms with Crippen molar-refractivity contribution in [2.45, 2.75) is 13.0 Å². The number of rotatable bonds is 3. The van der Waals surface area contributed by atoms with Crippen LogP contribution in [0.3, 0.4) is 0 Å². The van der Waals surface area contributed by atoms with E-state index in [1.54, 1.807) is 6.08 Å². The molecule has 0 aromatic carbocycles. The van der Waals surface area contributed by atoms with Crippen LogP contribution in [0.5, 0.6) is 0 Å². The highest BCUT2D eigenvalue weighted by atomic mass is 28.2. The van der Waals surface area contributed by atoms with Crippen molar-refractivity contribution >= 4 is 15.7 Å². The van der Waals surface area contributed by atoms with E-state index in [9.17, 15) is 4.79 Å². The Bertz CT molecular complexity index is 90.4. The van der Waals surface area contributed by atoms with Gasteiger partial charge in [-0.2, -0.15) is 0 Å². The molecule has 0 heterocycles. The lowest BCUT2D eigenvalue weighted by molar-refractivity contribution is -0.131. The van der Waals surface area contributed by atoms with Crippen LogP contribution < -0.4 is 0 Å². The molecule has 0 fully saturated rings. The normalized spacial score (nSPS) is 9.62. The van der Waals surface area contributed by atoms with E-state index >= 15 is 0 Å². The molecule has 0 radical (unpaired) electrons. The minimum atomic E-state index is -0.604. The average molecular weight is 130 g/mol. The maximum absolute atomic E-state index is 10.1. The summed E-state index contributed by atoms with van der Waals surface area (Å²) in [6, 6.07) is 0.875. The predicted octanol–water partition coefficient (Wildman–Crippen LogP) is 0.238. The Hall–Kier alpha value is -0.573. The molecule has 0 saturated carbocycles. The fraction of sp³-hybridized carbons (Fsp3) is 0.400. The van der Waals surface area contributed by atoms with Crippen LogP contribution in [0.4, 0.5) is 0 Å². The Morgan fingerprint density at radius 1 is 2.00 bits per heavy atom. The Morgan fingerprint density at radius 2 is 2.62 bits per heavy atom. The summed E-state index contributed by atoms with van der Waals surface area (Å²) in [7, 11) is -0.604. The number of carbonyl (C=O) groups is 1. The van der Waals surface area contributed by atoms with Gasteiger partial charge in [0.1, 0.15) is 0 Å². The summed E-state index contributed by atoms with van der Waals surface area (Å²) in [5.74, 6) is -0.168. The van der Waals surface area contributed by atoms with Gasteiger partial charge in [-0.15, -0.1) is 6.58 Å². The SMILES string of the molecule is C=CC[SiH2]OC(C)=O. The first-order chi connectivity index (χ1) is 3.77. The summed E-state index contributed by atoms with van der Waals surface area (Å²) in [6.07, 6.45) is 1.77. The van der Waals surface area contributed by atoms with Crippen molar-refractivity contribution < 1.29 is 9.22 Å². The number of hydrogen-bond donors (Lipinski definition) is 0. The van der Waals surface area contributed by atoms with E-state index in [0.717, 1.165) is 6.04 Å². The summed E-state index contributed by atoms with van der Waals surface area (Å²) >= 11 is 0. The zero-order valence-corrected chi connectivity index (χ0v) is 6.43. The van der Waals surface area contributed by atoms with Gasteiger partial charge in [-0.1, -0.05) is 6.08 Å². The fourth-order valence-electron chi connectivity index (χ4n) is 0.286. The van der Waals surface area contributed by atoms with Crippen LogP contribution in [0.2, 0.25) is 6.04 Å². The summed E-state index contributed by atoms with van der Waals surface area (Å²) in [5.41, 5.74) is 0. The Balaban J connectivity index is 2.93. The molecule has 0 aromatic rings. The molecule has 0 aromatic heterocycles. The summed E-state index contributed by atoms with van der Waals surface area (Å²) in [5, 5.41) is 0. The van der Waals surface area contributed by atoms with Crippen molar-refractivity contribution in [3.63, 3.8) is 0 Å². The molecule has 0 aliphatic carbocycles. The molecule has 0 rings (SSSR count). The molecule has 0 N–H and O–H groups in total. The number of allylic oxidation sites excluding steroid dienone is 1. The third-order valence-electron chi connectivity index (χ3n) is 0.627. The van der Waals surface area contributed by atoms with Gasteiger partial charge < -0.3 is 4.43 Å². The maximum atomic E-state index is 10.1. The molecule has 3 heteroatoms. The molecule has 0 aliphatic rings. The maximum Gasteiger partial charge on any atom is 0.288 e. The van der Waals surface area contributed by atoms with E-state index in [1.807, 2.05) is 0 Å². The number of hydrogen-bond acceptors (Lipinski definition) is 2. The van der Waals surface area contributed by atoms with E-state index in [-0.39, 0.29) is 5.97 Å². The fourth-order valence-corrected chi connectivity index (χ4v) is 0.858. The van der Waals surface area contributed by atoms with Gasteiger partial charge in [0.05, 0.1) is 0 Å². The molecule has 8 heavy (non-hydrogen) atoms. The molecular weight excluding hydrogens is 120 g/mol. The van der Waals surface area contributed by atoms with Gasteiger partial charge in [0.2, 0.25) is 9.76 Å². The van der Waals surface area contributed by atoms with Crippen molar-refractivity contribution in [3.05, 3.63) is 12.7 Å². The smallest absolute Gasteiger partial charge is 0.288 e. The zero-order chi connectivity index (χ0) is 6.41. The quantitative estimate of drug-likeness (QED) is 0.311. The summed E-state index contributed by atoms with van der Waals surface area (Å²) in [6.45, 7) is 4.93. The van der Waals surface area contributed by atoms with Gasteiger partial charge in [-0.25, -0.2) is 0 Å². The molecule has 0 amide bonds. The molecule has 0 unspecified atom stereocenters. The van der Waals surface area contributed by atoms with Crippen molar-refractivity contribution in [1.29, 1.82) is 0 Å². The minimum Gasteiger partial charge on any atom is -0.525 e. The highest BCUT2D eigenvalue weighted by Crippen LogP contribution is 1.80. The Kier molecular flexibility index (Phi) is 4.25. The third-order valence-corrected chi connectivity index (χ3v) is 1.88. The number of carbonyl (C=O) groups excluding carboxylic acids is 1. The standard InChI is InChI=1S/C5H10O2Si/c1-3-4-8-7-5(2)6/h3H,1,4,8H2,2H3. The monoisotopic (exact) mass is 130 g/mol. The van der Waals surface area contributed by atoms with Gasteiger partial charge in [-0.05, 0) is 6.04 Å². The second kappa shape index (κ2) is 4.58. The molecule has 0 aliphatic heterocycles. The topological polar surface area (TPSA) is 26.3 Å². The highest BCUT2D eigenvalue weighted by molar-refractivity contribution is 6.30. The first-order valence-electron chi connectivity index (χ1n) is 2.51. The van der Waals surface area contributed by atoms with Gasteiger partial charge in [0.25, 0.3) is 5.97 Å². The van der Waals surface area contributed by atoms with Crippen LogP contribution in [0.1, 0.15) is 6.92 Å². The van der Waals surface area contributed by atoms with Crippen molar-refractivity contribution in [1.82, 2.24) is 0 Å². The van der Waals surface area contributed by atoms with E-state index in [0.29, 0.717) is 0 Å². The molecule has 0 bridgehead atoms. The van der Waals surface area contributed by atoms with Crippen LogP contribution in [-0.4, -0.2) is 15.7 Å². The zero-order valence-electron chi connectivity index (χ0n) is 5.02. The Morgan fingerprint density at radius 3 is 3.00 bits per heavy atom.